The van der Waals surface area contributed by atoms with Crippen molar-refractivity contribution >= 4 is 5.69 Å². The first-order chi connectivity index (χ1) is 10.1. The average molecular weight is 291 g/mol. The molecule has 1 aromatic carbocycles. The lowest BCUT2D eigenvalue weighted by Gasteiger charge is -2.26. The van der Waals surface area contributed by atoms with Gasteiger partial charge in [-0.25, -0.2) is 4.39 Å². The Hall–Kier alpha value is -1.13. The Morgan fingerprint density at radius 1 is 1.29 bits per heavy atom. The first-order valence-electron chi connectivity index (χ1n) is 8.16. The Kier molecular flexibility index (Phi) is 4.45. The second kappa shape index (κ2) is 6.32. The summed E-state index contributed by atoms with van der Waals surface area (Å²) in [6, 6.07) is 5.88. The van der Waals surface area contributed by atoms with E-state index in [9.17, 15) is 4.39 Å². The lowest BCUT2D eigenvalue weighted by molar-refractivity contribution is 0.260. The van der Waals surface area contributed by atoms with Crippen molar-refractivity contribution in [3.05, 3.63) is 29.6 Å². The third-order valence-corrected chi connectivity index (χ3v) is 4.74. The van der Waals surface area contributed by atoms with Crippen LogP contribution in [0.5, 0.6) is 0 Å². The summed E-state index contributed by atoms with van der Waals surface area (Å²) in [5, 5.41) is 0. The number of hydrogen-bond acceptors (Lipinski definition) is 3. The van der Waals surface area contributed by atoms with Gasteiger partial charge in [-0.3, -0.25) is 4.90 Å². The minimum absolute atomic E-state index is 0.0579. The van der Waals surface area contributed by atoms with Crippen molar-refractivity contribution in [2.24, 2.45) is 5.73 Å². The van der Waals surface area contributed by atoms with Gasteiger partial charge in [0.25, 0.3) is 0 Å². The van der Waals surface area contributed by atoms with Crippen molar-refractivity contribution in [3.63, 3.8) is 0 Å². The van der Waals surface area contributed by atoms with E-state index in [-0.39, 0.29) is 11.9 Å². The summed E-state index contributed by atoms with van der Waals surface area (Å²) in [4.78, 5) is 5.04. The Bertz CT molecular complexity index is 483. The van der Waals surface area contributed by atoms with E-state index in [1.165, 1.54) is 38.0 Å². The first kappa shape index (κ1) is 14.8. The van der Waals surface area contributed by atoms with Crippen molar-refractivity contribution in [1.29, 1.82) is 0 Å². The van der Waals surface area contributed by atoms with Crippen LogP contribution in [0.4, 0.5) is 10.1 Å². The highest BCUT2D eigenvalue weighted by Crippen LogP contribution is 2.29. The average Bonchev–Trinajstić information content (AvgIpc) is 3.09. The molecule has 0 saturated carbocycles. The molecule has 2 heterocycles. The summed E-state index contributed by atoms with van der Waals surface area (Å²) in [5.74, 6) is -0.162. The molecule has 2 saturated heterocycles. The Morgan fingerprint density at radius 3 is 2.76 bits per heavy atom. The number of halogens is 1. The van der Waals surface area contributed by atoms with Crippen molar-refractivity contribution in [3.8, 4) is 0 Å². The molecular formula is C17H26FN3. The van der Waals surface area contributed by atoms with Gasteiger partial charge in [-0.05, 0) is 69.5 Å². The molecule has 2 atom stereocenters. The van der Waals surface area contributed by atoms with Crippen LogP contribution in [0, 0.1) is 5.82 Å². The van der Waals surface area contributed by atoms with E-state index in [1.807, 2.05) is 13.0 Å². The first-order valence-corrected chi connectivity index (χ1v) is 8.16. The van der Waals surface area contributed by atoms with Crippen LogP contribution >= 0.6 is 0 Å². The second-order valence-corrected chi connectivity index (χ2v) is 6.59. The fourth-order valence-electron chi connectivity index (χ4n) is 3.74. The predicted octanol–water partition coefficient (Wildman–Crippen LogP) is 2.39. The maximum atomic E-state index is 13.5. The van der Waals surface area contributed by atoms with Crippen molar-refractivity contribution in [1.82, 2.24) is 4.90 Å². The minimum atomic E-state index is -0.162. The zero-order valence-corrected chi connectivity index (χ0v) is 12.9. The SMILES string of the molecule is CC(N)Cc1cc(F)ccc1N1CCC(N2CCCC2)C1. The molecule has 2 fully saturated rings. The number of benzene rings is 1. The molecule has 4 heteroatoms. The van der Waals surface area contributed by atoms with Crippen molar-refractivity contribution < 1.29 is 4.39 Å². The molecule has 0 bridgehead atoms. The Balaban J connectivity index is 1.74. The molecule has 0 aliphatic carbocycles. The fraction of sp³-hybridized carbons (Fsp3) is 0.647. The van der Waals surface area contributed by atoms with Gasteiger partial charge >= 0.3 is 0 Å². The zero-order chi connectivity index (χ0) is 14.8. The number of rotatable bonds is 4. The van der Waals surface area contributed by atoms with Crippen LogP contribution in [0.1, 0.15) is 31.7 Å². The summed E-state index contributed by atoms with van der Waals surface area (Å²) in [6.45, 7) is 6.60. The van der Waals surface area contributed by atoms with E-state index in [0.29, 0.717) is 6.04 Å². The molecule has 116 valence electrons. The van der Waals surface area contributed by atoms with Crippen LogP contribution in [0.25, 0.3) is 0 Å². The number of hydrogen-bond donors (Lipinski definition) is 1. The van der Waals surface area contributed by atoms with Crippen LogP contribution in [0.15, 0.2) is 18.2 Å². The molecule has 0 radical (unpaired) electrons. The molecule has 2 aliphatic heterocycles. The monoisotopic (exact) mass is 291 g/mol. The molecular weight excluding hydrogens is 265 g/mol. The van der Waals surface area contributed by atoms with Gasteiger partial charge < -0.3 is 10.6 Å². The zero-order valence-electron chi connectivity index (χ0n) is 12.9. The molecule has 21 heavy (non-hydrogen) atoms. The third-order valence-electron chi connectivity index (χ3n) is 4.74. The molecule has 0 amide bonds. The van der Waals surface area contributed by atoms with E-state index in [4.69, 9.17) is 5.73 Å². The van der Waals surface area contributed by atoms with Gasteiger partial charge in [0.2, 0.25) is 0 Å². The fourth-order valence-corrected chi connectivity index (χ4v) is 3.74. The van der Waals surface area contributed by atoms with E-state index in [1.54, 1.807) is 12.1 Å². The molecule has 2 aliphatic rings. The van der Waals surface area contributed by atoms with E-state index >= 15 is 0 Å². The van der Waals surface area contributed by atoms with Crippen LogP contribution in [-0.2, 0) is 6.42 Å². The van der Waals surface area contributed by atoms with Crippen LogP contribution in [0.2, 0.25) is 0 Å². The van der Waals surface area contributed by atoms with Gasteiger partial charge in [-0.1, -0.05) is 0 Å². The smallest absolute Gasteiger partial charge is 0.123 e. The minimum Gasteiger partial charge on any atom is -0.370 e. The van der Waals surface area contributed by atoms with E-state index < -0.39 is 0 Å². The summed E-state index contributed by atoms with van der Waals surface area (Å²) in [6.07, 6.45) is 4.62. The molecule has 0 spiro atoms. The molecule has 3 rings (SSSR count). The van der Waals surface area contributed by atoms with Gasteiger partial charge in [0.15, 0.2) is 0 Å². The predicted molar refractivity (Wildman–Crippen MR) is 85.2 cm³/mol. The molecule has 2 unspecified atom stereocenters. The Morgan fingerprint density at radius 2 is 2.05 bits per heavy atom. The summed E-state index contributed by atoms with van der Waals surface area (Å²) in [7, 11) is 0. The van der Waals surface area contributed by atoms with Gasteiger partial charge in [-0.2, -0.15) is 0 Å². The van der Waals surface area contributed by atoms with Crippen LogP contribution < -0.4 is 10.6 Å². The Labute approximate surface area is 126 Å². The highest BCUT2D eigenvalue weighted by atomic mass is 19.1. The number of nitrogens with zero attached hydrogens (tertiary/aromatic N) is 2. The van der Waals surface area contributed by atoms with Gasteiger partial charge in [0, 0.05) is 30.9 Å². The van der Waals surface area contributed by atoms with Gasteiger partial charge in [-0.15, -0.1) is 0 Å². The van der Waals surface area contributed by atoms with E-state index in [0.717, 1.165) is 25.1 Å². The summed E-state index contributed by atoms with van der Waals surface area (Å²) >= 11 is 0. The lowest BCUT2D eigenvalue weighted by Crippen LogP contribution is -2.35. The topological polar surface area (TPSA) is 32.5 Å². The van der Waals surface area contributed by atoms with E-state index in [2.05, 4.69) is 9.80 Å². The number of nitrogens with two attached hydrogens (primary N) is 1. The standard InChI is InChI=1S/C17H26FN3/c1-13(19)10-14-11-15(18)4-5-17(14)21-9-6-16(12-21)20-7-2-3-8-20/h4-5,11,13,16H,2-3,6-10,12,19H2,1H3. The lowest BCUT2D eigenvalue weighted by atomic mass is 10.0. The van der Waals surface area contributed by atoms with Crippen molar-refractivity contribution in [2.75, 3.05) is 31.1 Å². The molecule has 1 aromatic rings. The largest absolute Gasteiger partial charge is 0.370 e. The molecule has 3 nitrogen and oxygen atoms in total. The third kappa shape index (κ3) is 3.38. The molecule has 0 aromatic heterocycles. The maximum Gasteiger partial charge on any atom is 0.123 e. The van der Waals surface area contributed by atoms with Crippen molar-refractivity contribution in [2.45, 2.75) is 44.7 Å². The summed E-state index contributed by atoms with van der Waals surface area (Å²) in [5.41, 5.74) is 8.14. The van der Waals surface area contributed by atoms with Crippen LogP contribution in [-0.4, -0.2) is 43.2 Å². The van der Waals surface area contributed by atoms with Gasteiger partial charge in [0.1, 0.15) is 5.82 Å². The normalized spacial score (nSPS) is 24.7. The number of anilines is 1. The maximum absolute atomic E-state index is 13.5. The van der Waals surface area contributed by atoms with Crippen LogP contribution in [0.3, 0.4) is 0 Å². The number of likely N-dealkylation sites (tertiary alicyclic amines) is 1. The highest BCUT2D eigenvalue weighted by Gasteiger charge is 2.30. The second-order valence-electron chi connectivity index (χ2n) is 6.59. The molecule has 2 N–H and O–H groups in total. The highest BCUT2D eigenvalue weighted by molar-refractivity contribution is 5.55. The quantitative estimate of drug-likeness (QED) is 0.924. The van der Waals surface area contributed by atoms with Gasteiger partial charge in [0.05, 0.1) is 0 Å². The summed E-state index contributed by atoms with van der Waals surface area (Å²) < 4.78 is 13.5.